The lowest BCUT2D eigenvalue weighted by Gasteiger charge is -2.14. The highest BCUT2D eigenvalue weighted by Crippen LogP contribution is 2.17. The van der Waals surface area contributed by atoms with Crippen molar-refractivity contribution >= 4 is 53.5 Å². The van der Waals surface area contributed by atoms with E-state index in [9.17, 15) is 13.2 Å². The normalized spacial score (nSPS) is 12.7. The Morgan fingerprint density at radius 2 is 1.70 bits per heavy atom. The Morgan fingerprint density at radius 3 is 2.30 bits per heavy atom. The van der Waals surface area contributed by atoms with Crippen LogP contribution in [0, 0.1) is 0 Å². The number of halogens is 2. The fraction of sp³-hybridized carbons (Fsp3) is 0.133. The van der Waals surface area contributed by atoms with Gasteiger partial charge < -0.3 is 5.32 Å². The van der Waals surface area contributed by atoms with Crippen molar-refractivity contribution in [3.63, 3.8) is 0 Å². The maximum Gasteiger partial charge on any atom is 0.242 e. The second kappa shape index (κ2) is 7.57. The first kappa shape index (κ1) is 18.1. The molecule has 0 saturated heterocycles. The van der Waals surface area contributed by atoms with Gasteiger partial charge in [-0.3, -0.25) is 4.79 Å². The maximum atomic E-state index is 12.3. The Morgan fingerprint density at radius 1 is 1.04 bits per heavy atom. The number of anilines is 1. The Labute approximate surface area is 151 Å². The molecule has 2 rings (SSSR count). The molecule has 0 spiro atoms. The molecule has 8 heteroatoms. The van der Waals surface area contributed by atoms with Crippen LogP contribution in [-0.2, 0) is 14.8 Å². The lowest BCUT2D eigenvalue weighted by molar-refractivity contribution is -0.117. The van der Waals surface area contributed by atoms with Crippen molar-refractivity contribution in [2.75, 3.05) is 5.32 Å². The summed E-state index contributed by atoms with van der Waals surface area (Å²) in [5.74, 6) is -0.441. The molecule has 1 amide bonds. The molecule has 1 unspecified atom stereocenters. The van der Waals surface area contributed by atoms with E-state index >= 15 is 0 Å². The van der Waals surface area contributed by atoms with E-state index in [-0.39, 0.29) is 4.90 Å². The number of carbonyl (C=O) groups excluding carboxylic acids is 1. The molecular weight excluding hydrogens is 448 g/mol. The van der Waals surface area contributed by atoms with E-state index in [1.807, 2.05) is 6.07 Å². The zero-order chi connectivity index (χ0) is 17.0. The zero-order valence-electron chi connectivity index (χ0n) is 12.1. The molecule has 122 valence electrons. The van der Waals surface area contributed by atoms with Crippen LogP contribution in [0.1, 0.15) is 6.92 Å². The average Bonchev–Trinajstić information content (AvgIpc) is 2.47. The van der Waals surface area contributed by atoms with Crippen LogP contribution in [0.4, 0.5) is 5.69 Å². The third kappa shape index (κ3) is 5.13. The second-order valence-electron chi connectivity index (χ2n) is 4.80. The third-order valence-corrected chi connectivity index (χ3v) is 5.52. The van der Waals surface area contributed by atoms with Crippen molar-refractivity contribution in [3.8, 4) is 0 Å². The summed E-state index contributed by atoms with van der Waals surface area (Å²) in [6, 6.07) is 12.3. The number of amides is 1. The van der Waals surface area contributed by atoms with Crippen LogP contribution in [0.3, 0.4) is 0 Å². The summed E-state index contributed by atoms with van der Waals surface area (Å²) in [5.41, 5.74) is 0.582. The lowest BCUT2D eigenvalue weighted by Crippen LogP contribution is -2.41. The average molecular weight is 462 g/mol. The summed E-state index contributed by atoms with van der Waals surface area (Å²) in [4.78, 5) is 12.2. The fourth-order valence-electron chi connectivity index (χ4n) is 1.78. The number of hydrogen-bond donors (Lipinski definition) is 2. The molecular formula is C15H14Br2N2O3S. The first-order chi connectivity index (χ1) is 10.8. The summed E-state index contributed by atoms with van der Waals surface area (Å²) in [5, 5.41) is 2.66. The van der Waals surface area contributed by atoms with Crippen LogP contribution in [0.2, 0.25) is 0 Å². The van der Waals surface area contributed by atoms with Crippen molar-refractivity contribution in [2.45, 2.75) is 17.9 Å². The Hall–Kier alpha value is -1.22. The number of hydrogen-bond acceptors (Lipinski definition) is 3. The fourth-order valence-corrected chi connectivity index (χ4v) is 3.65. The molecule has 0 aromatic heterocycles. The highest BCUT2D eigenvalue weighted by Gasteiger charge is 2.22. The minimum Gasteiger partial charge on any atom is -0.325 e. The van der Waals surface area contributed by atoms with Gasteiger partial charge in [-0.2, -0.15) is 4.72 Å². The van der Waals surface area contributed by atoms with Crippen LogP contribution in [0.5, 0.6) is 0 Å². The predicted molar refractivity (Wildman–Crippen MR) is 96.7 cm³/mol. The van der Waals surface area contributed by atoms with Gasteiger partial charge in [-0.25, -0.2) is 8.42 Å². The number of benzene rings is 2. The molecule has 0 aliphatic rings. The Kier molecular flexibility index (Phi) is 5.96. The Balaban J connectivity index is 2.06. The van der Waals surface area contributed by atoms with Gasteiger partial charge in [0, 0.05) is 14.6 Å². The van der Waals surface area contributed by atoms with Gasteiger partial charge in [-0.1, -0.05) is 37.9 Å². The number of rotatable bonds is 5. The van der Waals surface area contributed by atoms with Gasteiger partial charge in [0.05, 0.1) is 10.9 Å². The monoisotopic (exact) mass is 460 g/mol. The molecule has 0 fully saturated rings. The van der Waals surface area contributed by atoms with Crippen molar-refractivity contribution < 1.29 is 13.2 Å². The van der Waals surface area contributed by atoms with Gasteiger partial charge in [0.2, 0.25) is 15.9 Å². The standard InChI is InChI=1S/C15H14Br2N2O3S/c1-10(15(20)18-13-4-2-3-12(17)9-13)19-23(21,22)14-7-5-11(16)6-8-14/h2-10,19H,1H3,(H,18,20). The van der Waals surface area contributed by atoms with E-state index in [1.165, 1.54) is 19.1 Å². The van der Waals surface area contributed by atoms with Crippen LogP contribution < -0.4 is 10.0 Å². The van der Waals surface area contributed by atoms with Crippen molar-refractivity contribution in [3.05, 3.63) is 57.5 Å². The topological polar surface area (TPSA) is 75.3 Å². The first-order valence-corrected chi connectivity index (χ1v) is 9.69. The van der Waals surface area contributed by atoms with Crippen molar-refractivity contribution in [1.82, 2.24) is 4.72 Å². The summed E-state index contributed by atoms with van der Waals surface area (Å²) in [6.45, 7) is 1.49. The van der Waals surface area contributed by atoms with E-state index in [1.54, 1.807) is 30.3 Å². The summed E-state index contributed by atoms with van der Waals surface area (Å²) >= 11 is 6.55. The number of sulfonamides is 1. The van der Waals surface area contributed by atoms with Crippen LogP contribution in [-0.4, -0.2) is 20.4 Å². The summed E-state index contributed by atoms with van der Waals surface area (Å²) in [7, 11) is -3.76. The largest absolute Gasteiger partial charge is 0.325 e. The van der Waals surface area contributed by atoms with Crippen molar-refractivity contribution in [2.24, 2.45) is 0 Å². The van der Waals surface area contributed by atoms with E-state index in [4.69, 9.17) is 0 Å². The number of carbonyl (C=O) groups is 1. The summed E-state index contributed by atoms with van der Waals surface area (Å²) in [6.07, 6.45) is 0. The van der Waals surface area contributed by atoms with Gasteiger partial charge in [0.15, 0.2) is 0 Å². The van der Waals surface area contributed by atoms with E-state index < -0.39 is 22.0 Å². The van der Waals surface area contributed by atoms with Crippen LogP contribution >= 0.6 is 31.9 Å². The van der Waals surface area contributed by atoms with Gasteiger partial charge >= 0.3 is 0 Å². The van der Waals surface area contributed by atoms with Gasteiger partial charge in [-0.15, -0.1) is 0 Å². The van der Waals surface area contributed by atoms with Gasteiger partial charge in [-0.05, 0) is 49.4 Å². The molecule has 0 bridgehead atoms. The summed E-state index contributed by atoms with van der Waals surface area (Å²) < 4.78 is 28.5. The molecule has 2 aromatic rings. The molecule has 0 aliphatic carbocycles. The smallest absolute Gasteiger partial charge is 0.242 e. The first-order valence-electron chi connectivity index (χ1n) is 6.62. The van der Waals surface area contributed by atoms with Crippen LogP contribution in [0.15, 0.2) is 62.4 Å². The SMILES string of the molecule is CC(NS(=O)(=O)c1ccc(Br)cc1)C(=O)Nc1cccc(Br)c1. The molecule has 0 heterocycles. The molecule has 5 nitrogen and oxygen atoms in total. The quantitative estimate of drug-likeness (QED) is 0.715. The van der Waals surface area contributed by atoms with E-state index in [0.717, 1.165) is 8.95 Å². The van der Waals surface area contributed by atoms with E-state index in [0.29, 0.717) is 5.69 Å². The minimum atomic E-state index is -3.76. The molecule has 0 radical (unpaired) electrons. The van der Waals surface area contributed by atoms with Crippen LogP contribution in [0.25, 0.3) is 0 Å². The molecule has 1 atom stereocenters. The highest BCUT2D eigenvalue weighted by molar-refractivity contribution is 9.10. The minimum absolute atomic E-state index is 0.0998. The van der Waals surface area contributed by atoms with Gasteiger partial charge in [0.1, 0.15) is 0 Å². The third-order valence-electron chi connectivity index (χ3n) is 2.94. The molecule has 0 aliphatic heterocycles. The van der Waals surface area contributed by atoms with E-state index in [2.05, 4.69) is 41.9 Å². The highest BCUT2D eigenvalue weighted by atomic mass is 79.9. The predicted octanol–water partition coefficient (Wildman–Crippen LogP) is 3.52. The maximum absolute atomic E-state index is 12.3. The van der Waals surface area contributed by atoms with Crippen molar-refractivity contribution in [1.29, 1.82) is 0 Å². The molecule has 0 saturated carbocycles. The second-order valence-corrected chi connectivity index (χ2v) is 8.34. The molecule has 23 heavy (non-hydrogen) atoms. The molecule has 2 aromatic carbocycles. The molecule has 2 N–H and O–H groups in total. The number of nitrogens with one attached hydrogen (secondary N) is 2. The lowest BCUT2D eigenvalue weighted by atomic mass is 10.3. The Bertz CT molecular complexity index is 808. The zero-order valence-corrected chi connectivity index (χ0v) is 16.1. The van der Waals surface area contributed by atoms with Gasteiger partial charge in [0.25, 0.3) is 0 Å².